The maximum absolute atomic E-state index is 8.80. The van der Waals surface area contributed by atoms with Gasteiger partial charge in [-0.2, -0.15) is 5.26 Å². The van der Waals surface area contributed by atoms with Crippen molar-refractivity contribution in [2.24, 2.45) is 0 Å². The van der Waals surface area contributed by atoms with Crippen LogP contribution in [0, 0.1) is 16.1 Å². The van der Waals surface area contributed by atoms with Gasteiger partial charge in [0.25, 0.3) is 0 Å². The maximum atomic E-state index is 8.80. The molecule has 1 aromatic heterocycles. The van der Waals surface area contributed by atoms with Crippen molar-refractivity contribution in [2.75, 3.05) is 5.32 Å². The predicted octanol–water partition coefficient (Wildman–Crippen LogP) is 3.91. The molecule has 96 valence electrons. The van der Waals surface area contributed by atoms with Crippen LogP contribution < -0.4 is 5.32 Å². The summed E-state index contributed by atoms with van der Waals surface area (Å²) in [5, 5.41) is 13.0. The van der Waals surface area contributed by atoms with Crippen LogP contribution in [0.4, 0.5) is 11.5 Å². The molecule has 0 aliphatic heterocycles. The molecule has 0 saturated heterocycles. The zero-order valence-corrected chi connectivity index (χ0v) is 11.2. The molecule has 0 aliphatic rings. The van der Waals surface area contributed by atoms with Crippen LogP contribution in [0.5, 0.6) is 0 Å². The lowest BCUT2D eigenvalue weighted by atomic mass is 10.2. The van der Waals surface area contributed by atoms with E-state index in [4.69, 9.17) is 17.5 Å². The lowest BCUT2D eigenvalue weighted by Gasteiger charge is -2.08. The number of aromatic amines is 1. The van der Waals surface area contributed by atoms with Gasteiger partial charge in [-0.25, -0.2) is 4.98 Å². The minimum Gasteiger partial charge on any atom is -0.340 e. The number of nitrogens with one attached hydrogen (secondary N) is 2. The van der Waals surface area contributed by atoms with Crippen molar-refractivity contribution in [3.05, 3.63) is 58.9 Å². The lowest BCUT2D eigenvalue weighted by molar-refractivity contribution is 1.18. The number of benzene rings is 2. The molecule has 3 rings (SSSR count). The van der Waals surface area contributed by atoms with E-state index in [0.29, 0.717) is 16.2 Å². The summed E-state index contributed by atoms with van der Waals surface area (Å²) in [5.41, 5.74) is 2.42. The molecule has 0 saturated carbocycles. The van der Waals surface area contributed by atoms with Crippen LogP contribution in [0.1, 0.15) is 5.56 Å². The minimum absolute atomic E-state index is 0.430. The fourth-order valence-electron chi connectivity index (χ4n) is 1.96. The number of fused-ring (bicyclic) bond motifs is 1. The Bertz CT molecular complexity index is 859. The average molecular weight is 278 g/mol. The van der Waals surface area contributed by atoms with Gasteiger partial charge in [0, 0.05) is 11.1 Å². The highest BCUT2D eigenvalue weighted by molar-refractivity contribution is 7.71. The molecule has 0 amide bonds. The molecule has 0 atom stereocenters. The third-order valence-electron chi connectivity index (χ3n) is 2.91. The van der Waals surface area contributed by atoms with Crippen LogP contribution in [-0.4, -0.2) is 9.97 Å². The van der Waals surface area contributed by atoms with Crippen molar-refractivity contribution in [3.8, 4) is 6.07 Å². The number of H-pyrrole nitrogens is 1. The molecule has 5 heteroatoms. The first-order valence-electron chi connectivity index (χ1n) is 6.02. The van der Waals surface area contributed by atoms with Crippen LogP contribution in [-0.2, 0) is 0 Å². The van der Waals surface area contributed by atoms with E-state index < -0.39 is 0 Å². The summed E-state index contributed by atoms with van der Waals surface area (Å²) >= 11 is 5.13. The molecule has 20 heavy (non-hydrogen) atoms. The number of aromatic nitrogens is 2. The van der Waals surface area contributed by atoms with Crippen LogP contribution in [0.2, 0.25) is 0 Å². The number of nitrogens with zero attached hydrogens (tertiary/aromatic N) is 2. The first kappa shape index (κ1) is 12.3. The summed E-state index contributed by atoms with van der Waals surface area (Å²) in [6, 6.07) is 17.1. The summed E-state index contributed by atoms with van der Waals surface area (Å²) in [7, 11) is 0. The zero-order chi connectivity index (χ0) is 13.9. The Morgan fingerprint density at radius 1 is 1.10 bits per heavy atom. The SMILES string of the molecule is N#Cc1ccc(Nc2nc(=S)[nH]c3ccccc23)cc1. The Balaban J connectivity index is 2.05. The largest absolute Gasteiger partial charge is 0.340 e. The molecule has 1 heterocycles. The van der Waals surface area contributed by atoms with E-state index in [2.05, 4.69) is 21.4 Å². The highest BCUT2D eigenvalue weighted by atomic mass is 32.1. The molecule has 0 unspecified atom stereocenters. The number of para-hydroxylation sites is 1. The zero-order valence-electron chi connectivity index (χ0n) is 10.4. The summed E-state index contributed by atoms with van der Waals surface area (Å²) in [4.78, 5) is 7.38. The van der Waals surface area contributed by atoms with Gasteiger partial charge < -0.3 is 10.3 Å². The number of hydrogen-bond acceptors (Lipinski definition) is 4. The smallest absolute Gasteiger partial charge is 0.199 e. The topological polar surface area (TPSA) is 64.5 Å². The van der Waals surface area contributed by atoms with E-state index in [1.54, 1.807) is 12.1 Å². The van der Waals surface area contributed by atoms with Gasteiger partial charge in [-0.3, -0.25) is 0 Å². The van der Waals surface area contributed by atoms with Gasteiger partial charge in [0.1, 0.15) is 5.82 Å². The second kappa shape index (κ2) is 5.11. The Kier molecular flexibility index (Phi) is 3.15. The molecule has 0 aliphatic carbocycles. The molecule has 0 spiro atoms. The molecule has 2 N–H and O–H groups in total. The molecule has 0 fully saturated rings. The van der Waals surface area contributed by atoms with E-state index in [-0.39, 0.29) is 0 Å². The Hall–Kier alpha value is -2.71. The van der Waals surface area contributed by atoms with Crippen LogP contribution >= 0.6 is 12.2 Å². The van der Waals surface area contributed by atoms with Gasteiger partial charge in [-0.1, -0.05) is 12.1 Å². The lowest BCUT2D eigenvalue weighted by Crippen LogP contribution is -1.97. The number of anilines is 2. The van der Waals surface area contributed by atoms with Crippen molar-refractivity contribution in [3.63, 3.8) is 0 Å². The van der Waals surface area contributed by atoms with Crippen molar-refractivity contribution < 1.29 is 0 Å². The monoisotopic (exact) mass is 278 g/mol. The quantitative estimate of drug-likeness (QED) is 0.698. The predicted molar refractivity (Wildman–Crippen MR) is 81.4 cm³/mol. The van der Waals surface area contributed by atoms with Crippen molar-refractivity contribution in [1.29, 1.82) is 5.26 Å². The van der Waals surface area contributed by atoms with Gasteiger partial charge in [-0.15, -0.1) is 0 Å². The number of nitriles is 1. The van der Waals surface area contributed by atoms with Gasteiger partial charge >= 0.3 is 0 Å². The molecular formula is C15H10N4S. The number of hydrogen-bond donors (Lipinski definition) is 2. The molecule has 3 aromatic rings. The normalized spacial score (nSPS) is 10.2. The van der Waals surface area contributed by atoms with E-state index in [1.165, 1.54) is 0 Å². The second-order valence-electron chi connectivity index (χ2n) is 4.25. The molecule has 0 bridgehead atoms. The van der Waals surface area contributed by atoms with E-state index in [9.17, 15) is 0 Å². The van der Waals surface area contributed by atoms with Crippen molar-refractivity contribution in [1.82, 2.24) is 9.97 Å². The minimum atomic E-state index is 0.430. The second-order valence-corrected chi connectivity index (χ2v) is 4.64. The van der Waals surface area contributed by atoms with E-state index in [1.807, 2.05) is 36.4 Å². The van der Waals surface area contributed by atoms with E-state index >= 15 is 0 Å². The van der Waals surface area contributed by atoms with Gasteiger partial charge in [0.05, 0.1) is 17.1 Å². The Morgan fingerprint density at radius 3 is 2.60 bits per heavy atom. The Labute approximate surface area is 120 Å². The molecular weight excluding hydrogens is 268 g/mol. The highest BCUT2D eigenvalue weighted by Gasteiger charge is 2.03. The molecule has 2 aromatic carbocycles. The third-order valence-corrected chi connectivity index (χ3v) is 3.11. The third kappa shape index (κ3) is 2.37. The average Bonchev–Trinajstić information content (AvgIpc) is 2.48. The Morgan fingerprint density at radius 2 is 1.85 bits per heavy atom. The van der Waals surface area contributed by atoms with Crippen LogP contribution in [0.25, 0.3) is 10.9 Å². The van der Waals surface area contributed by atoms with Gasteiger partial charge in [0.2, 0.25) is 0 Å². The van der Waals surface area contributed by atoms with Crippen molar-refractivity contribution in [2.45, 2.75) is 0 Å². The summed E-state index contributed by atoms with van der Waals surface area (Å²) in [6.45, 7) is 0. The van der Waals surface area contributed by atoms with Gasteiger partial charge in [0.15, 0.2) is 4.77 Å². The van der Waals surface area contributed by atoms with Crippen LogP contribution in [0.3, 0.4) is 0 Å². The first-order chi connectivity index (χ1) is 9.76. The maximum Gasteiger partial charge on any atom is 0.199 e. The highest BCUT2D eigenvalue weighted by Crippen LogP contribution is 2.23. The first-order valence-corrected chi connectivity index (χ1v) is 6.43. The summed E-state index contributed by atoms with van der Waals surface area (Å²) in [6.07, 6.45) is 0. The van der Waals surface area contributed by atoms with E-state index in [0.717, 1.165) is 16.6 Å². The number of rotatable bonds is 2. The summed E-state index contributed by atoms with van der Waals surface area (Å²) in [5.74, 6) is 0.703. The fourth-order valence-corrected chi connectivity index (χ4v) is 2.16. The standard InChI is InChI=1S/C15H10N4S/c16-9-10-5-7-11(8-6-10)17-14-12-3-1-2-4-13(12)18-15(20)19-14/h1-8H,(H2,17,18,19,20). The summed E-state index contributed by atoms with van der Waals surface area (Å²) < 4.78 is 0.430. The van der Waals surface area contributed by atoms with Crippen molar-refractivity contribution >= 4 is 34.6 Å². The fraction of sp³-hybridized carbons (Fsp3) is 0. The van der Waals surface area contributed by atoms with Crippen LogP contribution in [0.15, 0.2) is 48.5 Å². The van der Waals surface area contributed by atoms with Gasteiger partial charge in [-0.05, 0) is 48.6 Å². The molecule has 0 radical (unpaired) electrons. The molecule has 4 nitrogen and oxygen atoms in total.